The SMILES string of the molecule is CCOC(=O)C1=C(C)NC(SCc2cccc(C(=O)O)c2)=N[C@H]1c1ccc(Cl)cc1. The molecule has 1 aliphatic heterocycles. The lowest BCUT2D eigenvalue weighted by Crippen LogP contribution is -2.30. The van der Waals surface area contributed by atoms with Crippen molar-refractivity contribution in [2.24, 2.45) is 4.99 Å². The second-order valence-electron chi connectivity index (χ2n) is 6.57. The summed E-state index contributed by atoms with van der Waals surface area (Å²) in [5, 5.41) is 13.6. The van der Waals surface area contributed by atoms with Gasteiger partial charge < -0.3 is 15.2 Å². The molecule has 1 atom stereocenters. The molecule has 0 aromatic heterocycles. The number of carboxylic acids is 1. The summed E-state index contributed by atoms with van der Waals surface area (Å²) < 4.78 is 5.23. The lowest BCUT2D eigenvalue weighted by molar-refractivity contribution is -0.138. The molecule has 2 aromatic carbocycles. The highest BCUT2D eigenvalue weighted by Crippen LogP contribution is 2.34. The van der Waals surface area contributed by atoms with Crippen LogP contribution in [0.4, 0.5) is 0 Å². The monoisotopic (exact) mass is 444 g/mol. The number of rotatable bonds is 6. The van der Waals surface area contributed by atoms with E-state index in [1.807, 2.05) is 25.1 Å². The summed E-state index contributed by atoms with van der Waals surface area (Å²) >= 11 is 7.45. The zero-order valence-corrected chi connectivity index (χ0v) is 18.1. The summed E-state index contributed by atoms with van der Waals surface area (Å²) in [6.07, 6.45) is 0. The molecule has 6 nitrogen and oxygen atoms in total. The number of esters is 1. The minimum Gasteiger partial charge on any atom is -0.478 e. The number of aliphatic imine (C=N–C) groups is 1. The van der Waals surface area contributed by atoms with Gasteiger partial charge in [-0.05, 0) is 49.2 Å². The third-order valence-electron chi connectivity index (χ3n) is 4.45. The first-order chi connectivity index (χ1) is 14.4. The molecule has 0 amide bonds. The molecule has 0 unspecified atom stereocenters. The number of halogens is 1. The third-order valence-corrected chi connectivity index (χ3v) is 5.66. The van der Waals surface area contributed by atoms with Gasteiger partial charge >= 0.3 is 11.9 Å². The molecule has 0 saturated carbocycles. The Hall–Kier alpha value is -2.77. The van der Waals surface area contributed by atoms with Crippen LogP contribution >= 0.6 is 23.4 Å². The first kappa shape index (κ1) is 21.9. The highest BCUT2D eigenvalue weighted by atomic mass is 35.5. The molecule has 0 spiro atoms. The Balaban J connectivity index is 1.86. The second kappa shape index (κ2) is 9.82. The van der Waals surface area contributed by atoms with Crippen LogP contribution in [0.3, 0.4) is 0 Å². The predicted molar refractivity (Wildman–Crippen MR) is 119 cm³/mol. The van der Waals surface area contributed by atoms with Crippen molar-refractivity contribution in [3.63, 3.8) is 0 Å². The number of thioether (sulfide) groups is 1. The van der Waals surface area contributed by atoms with Crippen LogP contribution in [0.2, 0.25) is 5.02 Å². The van der Waals surface area contributed by atoms with Gasteiger partial charge in [0.05, 0.1) is 17.7 Å². The molecule has 0 bridgehead atoms. The molecule has 0 saturated heterocycles. The predicted octanol–water partition coefficient (Wildman–Crippen LogP) is 4.81. The van der Waals surface area contributed by atoms with Gasteiger partial charge in [0.1, 0.15) is 6.04 Å². The normalized spacial score (nSPS) is 16.0. The van der Waals surface area contributed by atoms with Crippen LogP contribution < -0.4 is 5.32 Å². The third kappa shape index (κ3) is 5.23. The molecule has 2 aromatic rings. The molecule has 1 heterocycles. The van der Waals surface area contributed by atoms with E-state index < -0.39 is 18.0 Å². The smallest absolute Gasteiger partial charge is 0.338 e. The number of nitrogens with one attached hydrogen (secondary N) is 1. The quantitative estimate of drug-likeness (QED) is 0.621. The van der Waals surface area contributed by atoms with Crippen LogP contribution in [-0.4, -0.2) is 28.8 Å². The number of nitrogens with zero attached hydrogens (tertiary/aromatic N) is 1. The number of amidine groups is 1. The molecular formula is C22H21ClN2O4S. The Morgan fingerprint density at radius 2 is 1.97 bits per heavy atom. The maximum atomic E-state index is 12.6. The standard InChI is InChI=1S/C22H21ClN2O4S/c1-3-29-21(28)18-13(2)24-22(25-19(18)15-7-9-17(23)10-8-15)30-12-14-5-4-6-16(11-14)20(26)27/h4-11,19H,3,12H2,1-2H3,(H,24,25)(H,26,27)/t19-/m0/s1. The van der Waals surface area contributed by atoms with E-state index >= 15 is 0 Å². The number of carbonyl (C=O) groups excluding carboxylic acids is 1. The first-order valence-corrected chi connectivity index (χ1v) is 10.7. The van der Waals surface area contributed by atoms with Gasteiger partial charge in [0.25, 0.3) is 0 Å². The van der Waals surface area contributed by atoms with E-state index in [0.29, 0.717) is 27.2 Å². The van der Waals surface area contributed by atoms with Crippen molar-refractivity contribution in [1.82, 2.24) is 5.32 Å². The van der Waals surface area contributed by atoms with Crippen molar-refractivity contribution in [3.05, 3.63) is 81.5 Å². The van der Waals surface area contributed by atoms with E-state index in [4.69, 9.17) is 26.4 Å². The van der Waals surface area contributed by atoms with Crippen molar-refractivity contribution in [2.45, 2.75) is 25.6 Å². The van der Waals surface area contributed by atoms with Crippen molar-refractivity contribution in [2.75, 3.05) is 6.61 Å². The van der Waals surface area contributed by atoms with E-state index in [2.05, 4.69) is 5.32 Å². The minimum absolute atomic E-state index is 0.242. The number of ether oxygens (including phenoxy) is 1. The Morgan fingerprint density at radius 1 is 1.23 bits per heavy atom. The van der Waals surface area contributed by atoms with Gasteiger partial charge in [0, 0.05) is 16.5 Å². The summed E-state index contributed by atoms with van der Waals surface area (Å²) in [7, 11) is 0. The Bertz CT molecular complexity index is 1020. The van der Waals surface area contributed by atoms with Crippen LogP contribution in [0, 0.1) is 0 Å². The zero-order chi connectivity index (χ0) is 21.7. The van der Waals surface area contributed by atoms with Gasteiger partial charge in [-0.3, -0.25) is 0 Å². The second-order valence-corrected chi connectivity index (χ2v) is 7.97. The fourth-order valence-corrected chi connectivity index (χ4v) is 4.04. The van der Waals surface area contributed by atoms with Gasteiger partial charge in [0.2, 0.25) is 0 Å². The van der Waals surface area contributed by atoms with Crippen molar-refractivity contribution < 1.29 is 19.4 Å². The number of carbonyl (C=O) groups is 2. The lowest BCUT2D eigenvalue weighted by Gasteiger charge is -2.26. The van der Waals surface area contributed by atoms with Crippen LogP contribution in [0.15, 0.2) is 64.8 Å². The van der Waals surface area contributed by atoms with Crippen LogP contribution in [0.25, 0.3) is 0 Å². The van der Waals surface area contributed by atoms with Gasteiger partial charge in [-0.2, -0.15) is 0 Å². The molecule has 2 N–H and O–H groups in total. The summed E-state index contributed by atoms with van der Waals surface area (Å²) in [5.74, 6) is -0.845. The molecule has 8 heteroatoms. The average Bonchev–Trinajstić information content (AvgIpc) is 2.72. The summed E-state index contributed by atoms with van der Waals surface area (Å²) in [4.78, 5) is 28.5. The number of hydrogen-bond donors (Lipinski definition) is 2. The topological polar surface area (TPSA) is 88.0 Å². The molecular weight excluding hydrogens is 424 g/mol. The van der Waals surface area contributed by atoms with E-state index in [-0.39, 0.29) is 12.2 Å². The highest BCUT2D eigenvalue weighted by molar-refractivity contribution is 8.13. The Labute approximate surface area is 184 Å². The number of aromatic carboxylic acids is 1. The minimum atomic E-state index is -0.962. The summed E-state index contributed by atoms with van der Waals surface area (Å²) in [5.41, 5.74) is 3.06. The zero-order valence-electron chi connectivity index (χ0n) is 16.5. The van der Waals surface area contributed by atoms with Gasteiger partial charge in [0.15, 0.2) is 5.17 Å². The van der Waals surface area contributed by atoms with Crippen molar-refractivity contribution in [3.8, 4) is 0 Å². The lowest BCUT2D eigenvalue weighted by atomic mass is 9.97. The average molecular weight is 445 g/mol. The van der Waals surface area contributed by atoms with Crippen LogP contribution in [0.5, 0.6) is 0 Å². The number of hydrogen-bond acceptors (Lipinski definition) is 6. The highest BCUT2D eigenvalue weighted by Gasteiger charge is 2.30. The summed E-state index contributed by atoms with van der Waals surface area (Å²) in [6.45, 7) is 3.85. The fourth-order valence-electron chi connectivity index (χ4n) is 3.03. The molecule has 0 radical (unpaired) electrons. The van der Waals surface area contributed by atoms with Crippen LogP contribution in [0.1, 0.15) is 41.4 Å². The first-order valence-electron chi connectivity index (χ1n) is 9.32. The molecule has 1 aliphatic rings. The summed E-state index contributed by atoms with van der Waals surface area (Å²) in [6, 6.07) is 13.5. The molecule has 0 fully saturated rings. The van der Waals surface area contributed by atoms with E-state index in [9.17, 15) is 9.59 Å². The number of carboxylic acid groups (broad SMARTS) is 1. The van der Waals surface area contributed by atoms with Gasteiger partial charge in [-0.25, -0.2) is 14.6 Å². The van der Waals surface area contributed by atoms with Gasteiger partial charge in [-0.1, -0.05) is 47.6 Å². The maximum absolute atomic E-state index is 12.6. The molecule has 156 valence electrons. The van der Waals surface area contributed by atoms with Crippen LogP contribution in [-0.2, 0) is 15.3 Å². The van der Waals surface area contributed by atoms with E-state index in [1.54, 1.807) is 37.3 Å². The number of benzene rings is 2. The van der Waals surface area contributed by atoms with Gasteiger partial charge in [-0.15, -0.1) is 0 Å². The maximum Gasteiger partial charge on any atom is 0.338 e. The number of allylic oxidation sites excluding steroid dienone is 1. The Kier molecular flexibility index (Phi) is 7.18. The van der Waals surface area contributed by atoms with Crippen molar-refractivity contribution >= 4 is 40.5 Å². The Morgan fingerprint density at radius 3 is 2.63 bits per heavy atom. The fraction of sp³-hybridized carbons (Fsp3) is 0.227. The molecule has 30 heavy (non-hydrogen) atoms. The van der Waals surface area contributed by atoms with E-state index in [1.165, 1.54) is 11.8 Å². The largest absolute Gasteiger partial charge is 0.478 e. The van der Waals surface area contributed by atoms with E-state index in [0.717, 1.165) is 11.1 Å². The van der Waals surface area contributed by atoms with Crippen molar-refractivity contribution in [1.29, 1.82) is 0 Å². The molecule has 3 rings (SSSR count). The molecule has 0 aliphatic carbocycles.